The maximum absolute atomic E-state index is 13.9. The van der Waals surface area contributed by atoms with Crippen LogP contribution in [-0.2, 0) is 5.41 Å². The molecule has 2 rings (SSSR count). The first kappa shape index (κ1) is 11.8. The van der Waals surface area contributed by atoms with Gasteiger partial charge in [-0.25, -0.2) is 8.78 Å². The molecule has 16 heavy (non-hydrogen) atoms. The molecule has 1 nitrogen and oxygen atoms in total. The van der Waals surface area contributed by atoms with Crippen molar-refractivity contribution >= 4 is 11.6 Å². The van der Waals surface area contributed by atoms with E-state index in [-0.39, 0.29) is 5.41 Å². The minimum atomic E-state index is -0.704. The predicted octanol–water partition coefficient (Wildman–Crippen LogP) is 3.39. The van der Waals surface area contributed by atoms with Gasteiger partial charge in [-0.1, -0.05) is 24.1 Å². The number of halogens is 3. The van der Waals surface area contributed by atoms with Crippen molar-refractivity contribution in [1.82, 2.24) is 0 Å². The first-order chi connectivity index (χ1) is 7.60. The van der Waals surface area contributed by atoms with Crippen LogP contribution in [0, 0.1) is 11.6 Å². The van der Waals surface area contributed by atoms with Crippen LogP contribution in [0.2, 0.25) is 5.02 Å². The van der Waals surface area contributed by atoms with E-state index in [9.17, 15) is 8.78 Å². The summed E-state index contributed by atoms with van der Waals surface area (Å²) < 4.78 is 26.9. The number of hydrogen-bond donors (Lipinski definition) is 1. The summed E-state index contributed by atoms with van der Waals surface area (Å²) >= 11 is 5.59. The van der Waals surface area contributed by atoms with Crippen molar-refractivity contribution in [1.29, 1.82) is 0 Å². The summed E-state index contributed by atoms with van der Waals surface area (Å²) in [5, 5.41) is -0.402. The van der Waals surface area contributed by atoms with Crippen LogP contribution in [0.3, 0.4) is 0 Å². The number of benzene rings is 1. The molecular formula is C12H14ClF2N. The Balaban J connectivity index is 2.43. The van der Waals surface area contributed by atoms with Crippen molar-refractivity contribution in [2.24, 2.45) is 5.73 Å². The Morgan fingerprint density at radius 1 is 1.31 bits per heavy atom. The van der Waals surface area contributed by atoms with E-state index in [0.717, 1.165) is 25.7 Å². The smallest absolute Gasteiger partial charge is 0.148 e. The SMILES string of the molecule is NCCC1(c2ccc(F)c(Cl)c2F)CCC1. The molecule has 0 heterocycles. The van der Waals surface area contributed by atoms with Crippen molar-refractivity contribution < 1.29 is 8.78 Å². The molecule has 1 aliphatic rings. The van der Waals surface area contributed by atoms with Crippen LogP contribution >= 0.6 is 11.6 Å². The van der Waals surface area contributed by atoms with Gasteiger partial charge >= 0.3 is 0 Å². The van der Waals surface area contributed by atoms with Gasteiger partial charge < -0.3 is 5.73 Å². The van der Waals surface area contributed by atoms with Gasteiger partial charge in [0.15, 0.2) is 0 Å². The quantitative estimate of drug-likeness (QED) is 0.812. The highest BCUT2D eigenvalue weighted by molar-refractivity contribution is 6.31. The molecule has 88 valence electrons. The maximum atomic E-state index is 13.9. The third-order valence-corrected chi connectivity index (χ3v) is 3.89. The van der Waals surface area contributed by atoms with Gasteiger partial charge in [-0.3, -0.25) is 0 Å². The molecule has 1 aliphatic carbocycles. The topological polar surface area (TPSA) is 26.0 Å². The Bertz CT molecular complexity index is 402. The van der Waals surface area contributed by atoms with E-state index in [1.165, 1.54) is 12.1 Å². The molecule has 1 saturated carbocycles. The van der Waals surface area contributed by atoms with Crippen LogP contribution in [-0.4, -0.2) is 6.54 Å². The molecule has 1 fully saturated rings. The second-order valence-corrected chi connectivity index (χ2v) is 4.77. The number of nitrogens with two attached hydrogens (primary N) is 1. The third kappa shape index (κ3) is 1.72. The van der Waals surface area contributed by atoms with Crippen molar-refractivity contribution in [3.05, 3.63) is 34.4 Å². The van der Waals surface area contributed by atoms with Crippen molar-refractivity contribution in [3.8, 4) is 0 Å². The van der Waals surface area contributed by atoms with Crippen molar-refractivity contribution in [3.63, 3.8) is 0 Å². The molecule has 0 unspecified atom stereocenters. The average Bonchev–Trinajstić information content (AvgIpc) is 2.21. The molecule has 0 bridgehead atoms. The molecule has 0 atom stereocenters. The van der Waals surface area contributed by atoms with Crippen LogP contribution in [0.1, 0.15) is 31.2 Å². The zero-order valence-corrected chi connectivity index (χ0v) is 9.66. The second-order valence-electron chi connectivity index (χ2n) is 4.40. The molecule has 0 aromatic heterocycles. The van der Waals surface area contributed by atoms with E-state index in [1.54, 1.807) is 0 Å². The summed E-state index contributed by atoms with van der Waals surface area (Å²) in [5.41, 5.74) is 5.86. The fraction of sp³-hybridized carbons (Fsp3) is 0.500. The Kier molecular flexibility index (Phi) is 3.17. The van der Waals surface area contributed by atoms with E-state index >= 15 is 0 Å². The van der Waals surface area contributed by atoms with Gasteiger partial charge in [-0.15, -0.1) is 0 Å². The fourth-order valence-electron chi connectivity index (χ4n) is 2.47. The highest BCUT2D eigenvalue weighted by Gasteiger charge is 2.40. The zero-order chi connectivity index (χ0) is 11.8. The lowest BCUT2D eigenvalue weighted by Gasteiger charge is -2.42. The van der Waals surface area contributed by atoms with Crippen LogP contribution in [0.15, 0.2) is 12.1 Å². The predicted molar refractivity (Wildman–Crippen MR) is 60.6 cm³/mol. The van der Waals surface area contributed by atoms with E-state index in [1.807, 2.05) is 0 Å². The zero-order valence-electron chi connectivity index (χ0n) is 8.90. The number of rotatable bonds is 3. The molecule has 0 aliphatic heterocycles. The minimum absolute atomic E-state index is 0.212. The van der Waals surface area contributed by atoms with Gasteiger partial charge in [-0.05, 0) is 42.9 Å². The summed E-state index contributed by atoms with van der Waals surface area (Å²) in [4.78, 5) is 0. The van der Waals surface area contributed by atoms with Gasteiger partial charge in [0.1, 0.15) is 16.7 Å². The van der Waals surface area contributed by atoms with Gasteiger partial charge in [0, 0.05) is 0 Å². The summed E-state index contributed by atoms with van der Waals surface area (Å²) in [7, 11) is 0. The second kappa shape index (κ2) is 4.30. The van der Waals surface area contributed by atoms with Crippen molar-refractivity contribution in [2.75, 3.05) is 6.54 Å². The standard InChI is InChI=1S/C12H14ClF2N/c13-10-9(14)3-2-8(11(10)15)12(6-7-16)4-1-5-12/h2-3H,1,4-7,16H2. The lowest BCUT2D eigenvalue weighted by Crippen LogP contribution is -2.37. The normalized spacial score (nSPS) is 18.2. The third-order valence-electron chi connectivity index (χ3n) is 3.54. The van der Waals surface area contributed by atoms with E-state index in [4.69, 9.17) is 17.3 Å². The minimum Gasteiger partial charge on any atom is -0.330 e. The maximum Gasteiger partial charge on any atom is 0.148 e. The van der Waals surface area contributed by atoms with Gasteiger partial charge in [-0.2, -0.15) is 0 Å². The largest absolute Gasteiger partial charge is 0.330 e. The average molecular weight is 246 g/mol. The molecule has 0 saturated heterocycles. The van der Waals surface area contributed by atoms with E-state index < -0.39 is 16.7 Å². The van der Waals surface area contributed by atoms with Gasteiger partial charge in [0.25, 0.3) is 0 Å². The van der Waals surface area contributed by atoms with Crippen LogP contribution < -0.4 is 5.73 Å². The summed E-state index contributed by atoms with van der Waals surface area (Å²) in [5.74, 6) is -1.32. The van der Waals surface area contributed by atoms with Crippen LogP contribution in [0.5, 0.6) is 0 Å². The first-order valence-electron chi connectivity index (χ1n) is 5.45. The highest BCUT2D eigenvalue weighted by atomic mass is 35.5. The Morgan fingerprint density at radius 2 is 2.00 bits per heavy atom. The Morgan fingerprint density at radius 3 is 2.50 bits per heavy atom. The van der Waals surface area contributed by atoms with E-state index in [0.29, 0.717) is 12.1 Å². The summed E-state index contributed by atoms with van der Waals surface area (Å²) in [6.07, 6.45) is 3.60. The molecule has 1 aromatic carbocycles. The van der Waals surface area contributed by atoms with Crippen LogP contribution in [0.4, 0.5) is 8.78 Å². The lowest BCUT2D eigenvalue weighted by atomic mass is 9.62. The highest BCUT2D eigenvalue weighted by Crippen LogP contribution is 2.48. The monoisotopic (exact) mass is 245 g/mol. The molecule has 0 amide bonds. The van der Waals surface area contributed by atoms with Gasteiger partial charge in [0.05, 0.1) is 0 Å². The molecule has 2 N–H and O–H groups in total. The first-order valence-corrected chi connectivity index (χ1v) is 5.82. The van der Waals surface area contributed by atoms with Gasteiger partial charge in [0.2, 0.25) is 0 Å². The number of hydrogen-bond acceptors (Lipinski definition) is 1. The summed E-state index contributed by atoms with van der Waals surface area (Å²) in [6, 6.07) is 2.74. The van der Waals surface area contributed by atoms with E-state index in [2.05, 4.69) is 0 Å². The van der Waals surface area contributed by atoms with Crippen molar-refractivity contribution in [2.45, 2.75) is 31.1 Å². The molecule has 4 heteroatoms. The molecular weight excluding hydrogens is 232 g/mol. The molecule has 0 spiro atoms. The Labute approximate surface area is 98.6 Å². The van der Waals surface area contributed by atoms with Crippen LogP contribution in [0.25, 0.3) is 0 Å². The molecule has 0 radical (unpaired) electrons. The fourth-order valence-corrected chi connectivity index (χ4v) is 2.63. The lowest BCUT2D eigenvalue weighted by molar-refractivity contribution is 0.221. The molecule has 1 aromatic rings. The summed E-state index contributed by atoms with van der Waals surface area (Å²) in [6.45, 7) is 0.508. The Hall–Kier alpha value is -0.670.